The number of aryl methyl sites for hydroxylation is 2. The molecule has 2 heterocycles. The van der Waals surface area contributed by atoms with E-state index in [0.29, 0.717) is 5.58 Å². The molecule has 3 heteroatoms. The van der Waals surface area contributed by atoms with Crippen LogP contribution in [0.3, 0.4) is 0 Å². The molecule has 0 aliphatic carbocycles. The first kappa shape index (κ1) is 9.21. The van der Waals surface area contributed by atoms with E-state index in [9.17, 15) is 4.79 Å². The normalized spacial score (nSPS) is 11.4. The van der Waals surface area contributed by atoms with Gasteiger partial charge in [-0.25, -0.2) is 4.79 Å². The highest BCUT2D eigenvalue weighted by molar-refractivity contribution is 6.05. The summed E-state index contributed by atoms with van der Waals surface area (Å²) in [5.74, 6) is 0. The summed E-state index contributed by atoms with van der Waals surface area (Å²) < 4.78 is 10.7. The lowest BCUT2D eigenvalue weighted by Crippen LogP contribution is -1.95. The molecule has 0 fully saturated rings. The quantitative estimate of drug-likeness (QED) is 0.540. The third-order valence-corrected chi connectivity index (χ3v) is 2.80. The van der Waals surface area contributed by atoms with Gasteiger partial charge in [-0.3, -0.25) is 0 Å². The SMILES string of the molecule is Cc1cc2ccc(=O)oc2c2c(C)coc12. The lowest BCUT2D eigenvalue weighted by atomic mass is 10.1. The smallest absolute Gasteiger partial charge is 0.336 e. The van der Waals surface area contributed by atoms with Crippen molar-refractivity contribution < 1.29 is 8.83 Å². The molecule has 0 atom stereocenters. The second kappa shape index (κ2) is 2.98. The highest BCUT2D eigenvalue weighted by Crippen LogP contribution is 2.31. The van der Waals surface area contributed by atoms with E-state index in [4.69, 9.17) is 8.83 Å². The third kappa shape index (κ3) is 1.11. The Morgan fingerprint density at radius 3 is 2.69 bits per heavy atom. The number of rotatable bonds is 0. The fourth-order valence-corrected chi connectivity index (χ4v) is 2.05. The molecule has 0 aliphatic rings. The van der Waals surface area contributed by atoms with Crippen LogP contribution < -0.4 is 5.63 Å². The monoisotopic (exact) mass is 214 g/mol. The van der Waals surface area contributed by atoms with Gasteiger partial charge in [0.1, 0.15) is 11.2 Å². The van der Waals surface area contributed by atoms with E-state index in [2.05, 4.69) is 0 Å². The van der Waals surface area contributed by atoms with Gasteiger partial charge in [0.15, 0.2) is 0 Å². The average molecular weight is 214 g/mol. The fourth-order valence-electron chi connectivity index (χ4n) is 2.05. The van der Waals surface area contributed by atoms with Crippen LogP contribution in [0.25, 0.3) is 21.9 Å². The zero-order valence-electron chi connectivity index (χ0n) is 9.03. The summed E-state index contributed by atoms with van der Waals surface area (Å²) in [5, 5.41) is 1.82. The van der Waals surface area contributed by atoms with Gasteiger partial charge in [0.05, 0.1) is 11.6 Å². The molecular formula is C13H10O3. The lowest BCUT2D eigenvalue weighted by molar-refractivity contribution is 0.563. The standard InChI is InChI=1S/C13H10O3/c1-7-5-9-3-4-10(14)16-13(9)11-8(2)6-15-12(7)11/h3-6H,1-2H3. The van der Waals surface area contributed by atoms with Crippen LogP contribution in [0.15, 0.2) is 38.1 Å². The summed E-state index contributed by atoms with van der Waals surface area (Å²) in [5.41, 5.74) is 3.10. The largest absolute Gasteiger partial charge is 0.464 e. The first-order valence-corrected chi connectivity index (χ1v) is 5.08. The Hall–Kier alpha value is -2.03. The zero-order chi connectivity index (χ0) is 11.3. The summed E-state index contributed by atoms with van der Waals surface area (Å²) in [4.78, 5) is 11.2. The molecule has 3 rings (SSSR count). The molecule has 0 unspecified atom stereocenters. The molecule has 0 saturated heterocycles. The van der Waals surface area contributed by atoms with Crippen LogP contribution in [0, 0.1) is 13.8 Å². The Bertz CT molecular complexity index is 747. The van der Waals surface area contributed by atoms with Gasteiger partial charge in [0.25, 0.3) is 0 Å². The van der Waals surface area contributed by atoms with Crippen LogP contribution in [0.1, 0.15) is 11.1 Å². The summed E-state index contributed by atoms with van der Waals surface area (Å²) >= 11 is 0. The first-order chi connectivity index (χ1) is 7.66. The Morgan fingerprint density at radius 1 is 1.06 bits per heavy atom. The van der Waals surface area contributed by atoms with Gasteiger partial charge in [0.2, 0.25) is 0 Å². The van der Waals surface area contributed by atoms with Crippen LogP contribution in [-0.4, -0.2) is 0 Å². The highest BCUT2D eigenvalue weighted by atomic mass is 16.4. The summed E-state index contributed by atoms with van der Waals surface area (Å²) in [7, 11) is 0. The lowest BCUT2D eigenvalue weighted by Gasteiger charge is -2.00. The fraction of sp³-hybridized carbons (Fsp3) is 0.154. The predicted octanol–water partition coefficient (Wildman–Crippen LogP) is 3.16. The van der Waals surface area contributed by atoms with E-state index in [1.807, 2.05) is 19.9 Å². The van der Waals surface area contributed by atoms with Crippen molar-refractivity contribution in [1.29, 1.82) is 0 Å². The molecule has 0 radical (unpaired) electrons. The molecule has 0 aliphatic heterocycles. The minimum absolute atomic E-state index is 0.335. The van der Waals surface area contributed by atoms with E-state index in [1.165, 1.54) is 6.07 Å². The van der Waals surface area contributed by atoms with E-state index in [-0.39, 0.29) is 5.63 Å². The van der Waals surface area contributed by atoms with Gasteiger partial charge in [-0.2, -0.15) is 0 Å². The number of benzene rings is 1. The Balaban J connectivity index is 2.69. The third-order valence-electron chi connectivity index (χ3n) is 2.80. The van der Waals surface area contributed by atoms with Crippen molar-refractivity contribution in [3.63, 3.8) is 0 Å². The van der Waals surface area contributed by atoms with Crippen molar-refractivity contribution in [3.05, 3.63) is 46.0 Å². The Morgan fingerprint density at radius 2 is 1.88 bits per heavy atom. The van der Waals surface area contributed by atoms with Crippen molar-refractivity contribution in [2.24, 2.45) is 0 Å². The maximum absolute atomic E-state index is 11.2. The van der Waals surface area contributed by atoms with Crippen LogP contribution in [0.5, 0.6) is 0 Å². The van der Waals surface area contributed by atoms with E-state index in [1.54, 1.807) is 12.3 Å². The predicted molar refractivity (Wildman–Crippen MR) is 61.7 cm³/mol. The number of hydrogen-bond acceptors (Lipinski definition) is 3. The average Bonchev–Trinajstić information content (AvgIpc) is 2.63. The number of hydrogen-bond donors (Lipinski definition) is 0. The molecule has 80 valence electrons. The van der Waals surface area contributed by atoms with Crippen molar-refractivity contribution >= 4 is 21.9 Å². The minimum Gasteiger partial charge on any atom is -0.464 e. The second-order valence-electron chi connectivity index (χ2n) is 3.99. The summed E-state index contributed by atoms with van der Waals surface area (Å²) in [6, 6.07) is 5.17. The summed E-state index contributed by atoms with van der Waals surface area (Å²) in [6.07, 6.45) is 1.68. The van der Waals surface area contributed by atoms with Gasteiger partial charge in [-0.15, -0.1) is 0 Å². The van der Waals surface area contributed by atoms with Crippen molar-refractivity contribution in [1.82, 2.24) is 0 Å². The topological polar surface area (TPSA) is 43.4 Å². The zero-order valence-corrected chi connectivity index (χ0v) is 9.03. The molecule has 0 spiro atoms. The molecule has 2 aromatic heterocycles. The molecule has 0 amide bonds. The first-order valence-electron chi connectivity index (χ1n) is 5.08. The molecule has 0 N–H and O–H groups in total. The van der Waals surface area contributed by atoms with Gasteiger partial charge in [0, 0.05) is 11.5 Å². The van der Waals surface area contributed by atoms with Gasteiger partial charge in [-0.1, -0.05) is 0 Å². The van der Waals surface area contributed by atoms with Crippen LogP contribution in [0.2, 0.25) is 0 Å². The maximum Gasteiger partial charge on any atom is 0.336 e. The van der Waals surface area contributed by atoms with Gasteiger partial charge < -0.3 is 8.83 Å². The summed E-state index contributed by atoms with van der Waals surface area (Å²) in [6.45, 7) is 3.92. The van der Waals surface area contributed by atoms with Gasteiger partial charge >= 0.3 is 5.63 Å². The second-order valence-corrected chi connectivity index (χ2v) is 3.99. The molecule has 0 bridgehead atoms. The van der Waals surface area contributed by atoms with E-state index in [0.717, 1.165) is 27.5 Å². The molecule has 3 nitrogen and oxygen atoms in total. The van der Waals surface area contributed by atoms with Crippen molar-refractivity contribution in [2.75, 3.05) is 0 Å². The maximum atomic E-state index is 11.2. The van der Waals surface area contributed by atoms with Crippen molar-refractivity contribution in [3.8, 4) is 0 Å². The van der Waals surface area contributed by atoms with Crippen molar-refractivity contribution in [2.45, 2.75) is 13.8 Å². The molecular weight excluding hydrogens is 204 g/mol. The Kier molecular flexibility index (Phi) is 1.72. The highest BCUT2D eigenvalue weighted by Gasteiger charge is 2.12. The Labute approximate surface area is 91.3 Å². The van der Waals surface area contributed by atoms with E-state index < -0.39 is 0 Å². The molecule has 0 saturated carbocycles. The minimum atomic E-state index is -0.335. The van der Waals surface area contributed by atoms with Gasteiger partial charge in [-0.05, 0) is 37.1 Å². The molecule has 16 heavy (non-hydrogen) atoms. The number of furan rings is 1. The van der Waals surface area contributed by atoms with Crippen LogP contribution in [-0.2, 0) is 0 Å². The van der Waals surface area contributed by atoms with Crippen LogP contribution >= 0.6 is 0 Å². The number of fused-ring (bicyclic) bond motifs is 3. The van der Waals surface area contributed by atoms with Crippen LogP contribution in [0.4, 0.5) is 0 Å². The molecule has 3 aromatic rings. The van der Waals surface area contributed by atoms with E-state index >= 15 is 0 Å². The molecule has 1 aromatic carbocycles.